The van der Waals surface area contributed by atoms with Crippen LogP contribution in [0.15, 0.2) is 36.4 Å². The fraction of sp³-hybridized carbons (Fsp3) is 0.0714. The molecule has 0 fully saturated rings. The minimum Gasteiger partial charge on any atom is -0.497 e. The van der Waals surface area contributed by atoms with E-state index in [2.05, 4.69) is 0 Å². The van der Waals surface area contributed by atoms with E-state index in [0.29, 0.717) is 11.8 Å². The normalized spacial score (nSPS) is 10.2. The van der Waals surface area contributed by atoms with E-state index in [1.807, 2.05) is 0 Å². The van der Waals surface area contributed by atoms with Gasteiger partial charge in [-0.2, -0.15) is 0 Å². The standard InChI is InChI=1S/C14H9F3O3/c1-19-8-2-4-9(5-3-8)20-14(18)10-6-7-11(15)13(17)12(10)16/h2-7H,1H3. The lowest BCUT2D eigenvalue weighted by Crippen LogP contribution is -2.12. The highest BCUT2D eigenvalue weighted by Gasteiger charge is 2.20. The van der Waals surface area contributed by atoms with Gasteiger partial charge < -0.3 is 9.47 Å². The molecule has 0 atom stereocenters. The van der Waals surface area contributed by atoms with Crippen LogP contribution in [-0.4, -0.2) is 13.1 Å². The molecule has 2 aromatic carbocycles. The number of ether oxygens (including phenoxy) is 2. The lowest BCUT2D eigenvalue weighted by molar-refractivity contribution is 0.0728. The van der Waals surface area contributed by atoms with Gasteiger partial charge in [0.15, 0.2) is 17.5 Å². The highest BCUT2D eigenvalue weighted by Crippen LogP contribution is 2.20. The lowest BCUT2D eigenvalue weighted by atomic mass is 10.2. The minimum atomic E-state index is -1.71. The number of esters is 1. The van der Waals surface area contributed by atoms with E-state index in [9.17, 15) is 18.0 Å². The van der Waals surface area contributed by atoms with Crippen LogP contribution in [0, 0.1) is 17.5 Å². The second kappa shape index (κ2) is 5.64. The average molecular weight is 282 g/mol. The van der Waals surface area contributed by atoms with E-state index in [1.54, 1.807) is 0 Å². The maximum absolute atomic E-state index is 13.4. The summed E-state index contributed by atoms with van der Waals surface area (Å²) in [5.74, 6) is -5.11. The summed E-state index contributed by atoms with van der Waals surface area (Å²) in [6, 6.07) is 7.39. The molecule has 0 aliphatic carbocycles. The molecule has 0 N–H and O–H groups in total. The summed E-state index contributed by atoms with van der Waals surface area (Å²) in [5.41, 5.74) is -0.681. The van der Waals surface area contributed by atoms with Crippen LogP contribution < -0.4 is 9.47 Å². The first-order valence-corrected chi connectivity index (χ1v) is 5.52. The van der Waals surface area contributed by atoms with Crippen molar-refractivity contribution in [2.24, 2.45) is 0 Å². The Kier molecular flexibility index (Phi) is 3.93. The van der Waals surface area contributed by atoms with Crippen LogP contribution in [0.4, 0.5) is 13.2 Å². The van der Waals surface area contributed by atoms with E-state index in [0.717, 1.165) is 6.07 Å². The van der Waals surface area contributed by atoms with Gasteiger partial charge in [-0.05, 0) is 36.4 Å². The zero-order valence-electron chi connectivity index (χ0n) is 10.3. The molecule has 0 spiro atoms. The van der Waals surface area contributed by atoms with Crippen LogP contribution >= 0.6 is 0 Å². The van der Waals surface area contributed by atoms with Crippen molar-refractivity contribution in [3.63, 3.8) is 0 Å². The molecule has 0 aromatic heterocycles. The van der Waals surface area contributed by atoms with Gasteiger partial charge in [0, 0.05) is 0 Å². The average Bonchev–Trinajstić information content (AvgIpc) is 2.45. The van der Waals surface area contributed by atoms with Gasteiger partial charge in [-0.1, -0.05) is 0 Å². The fourth-order valence-electron chi connectivity index (χ4n) is 1.49. The Morgan fingerprint density at radius 3 is 2.10 bits per heavy atom. The number of carbonyl (C=O) groups excluding carboxylic acids is 1. The Balaban J connectivity index is 2.21. The second-order valence-electron chi connectivity index (χ2n) is 3.79. The van der Waals surface area contributed by atoms with Crippen molar-refractivity contribution in [2.75, 3.05) is 7.11 Å². The summed E-state index contributed by atoms with van der Waals surface area (Å²) >= 11 is 0. The first-order chi connectivity index (χ1) is 9.52. The molecule has 6 heteroatoms. The van der Waals surface area contributed by atoms with Crippen molar-refractivity contribution in [1.82, 2.24) is 0 Å². The van der Waals surface area contributed by atoms with Crippen LogP contribution in [-0.2, 0) is 0 Å². The summed E-state index contributed by atoms with van der Waals surface area (Å²) in [6.45, 7) is 0. The molecule has 0 aliphatic rings. The Labute approximate surface area is 112 Å². The van der Waals surface area contributed by atoms with Crippen LogP contribution in [0.3, 0.4) is 0 Å². The molecule has 0 saturated heterocycles. The molecule has 0 amide bonds. The van der Waals surface area contributed by atoms with E-state index >= 15 is 0 Å². The number of carbonyl (C=O) groups is 1. The Morgan fingerprint density at radius 1 is 0.900 bits per heavy atom. The number of halogens is 3. The number of rotatable bonds is 3. The molecule has 2 rings (SSSR count). The monoisotopic (exact) mass is 282 g/mol. The zero-order chi connectivity index (χ0) is 14.7. The molecule has 104 valence electrons. The molecule has 0 radical (unpaired) electrons. The van der Waals surface area contributed by atoms with Gasteiger partial charge in [-0.25, -0.2) is 18.0 Å². The predicted octanol–water partition coefficient (Wildman–Crippen LogP) is 3.33. The SMILES string of the molecule is COc1ccc(OC(=O)c2ccc(F)c(F)c2F)cc1. The minimum absolute atomic E-state index is 0.125. The second-order valence-corrected chi connectivity index (χ2v) is 3.79. The topological polar surface area (TPSA) is 35.5 Å². The number of benzene rings is 2. The van der Waals surface area contributed by atoms with E-state index in [-0.39, 0.29) is 5.75 Å². The predicted molar refractivity (Wildman–Crippen MR) is 64.3 cm³/mol. The van der Waals surface area contributed by atoms with Gasteiger partial charge in [0.25, 0.3) is 0 Å². The molecule has 0 saturated carbocycles. The molecular weight excluding hydrogens is 273 g/mol. The quantitative estimate of drug-likeness (QED) is 0.492. The molecule has 0 heterocycles. The summed E-state index contributed by atoms with van der Waals surface area (Å²) in [6.07, 6.45) is 0. The van der Waals surface area contributed by atoms with Gasteiger partial charge in [0.1, 0.15) is 11.5 Å². The Bertz CT molecular complexity index is 639. The highest BCUT2D eigenvalue weighted by atomic mass is 19.2. The third kappa shape index (κ3) is 2.74. The summed E-state index contributed by atoms with van der Waals surface area (Å²) in [7, 11) is 1.47. The molecule has 0 aliphatic heterocycles. The Hall–Kier alpha value is -2.50. The van der Waals surface area contributed by atoms with E-state index in [1.165, 1.54) is 31.4 Å². The molecule has 2 aromatic rings. The maximum atomic E-state index is 13.4. The van der Waals surface area contributed by atoms with Crippen LogP contribution in [0.1, 0.15) is 10.4 Å². The first-order valence-electron chi connectivity index (χ1n) is 5.52. The van der Waals surface area contributed by atoms with Gasteiger partial charge in [-0.3, -0.25) is 0 Å². The molecule has 20 heavy (non-hydrogen) atoms. The summed E-state index contributed by atoms with van der Waals surface area (Å²) < 4.78 is 48.9. The number of hydrogen-bond donors (Lipinski definition) is 0. The van der Waals surface area contributed by atoms with Crippen LogP contribution in [0.5, 0.6) is 11.5 Å². The van der Waals surface area contributed by atoms with Crippen molar-refractivity contribution in [3.05, 3.63) is 59.4 Å². The van der Waals surface area contributed by atoms with E-state index in [4.69, 9.17) is 9.47 Å². The van der Waals surface area contributed by atoms with Gasteiger partial charge in [0.2, 0.25) is 0 Å². The molecule has 0 bridgehead atoms. The number of methoxy groups -OCH3 is 1. The van der Waals surface area contributed by atoms with Gasteiger partial charge in [0.05, 0.1) is 12.7 Å². The molecular formula is C14H9F3O3. The van der Waals surface area contributed by atoms with Gasteiger partial charge in [-0.15, -0.1) is 0 Å². The lowest BCUT2D eigenvalue weighted by Gasteiger charge is -2.06. The third-order valence-electron chi connectivity index (χ3n) is 2.53. The zero-order valence-corrected chi connectivity index (χ0v) is 10.3. The highest BCUT2D eigenvalue weighted by molar-refractivity contribution is 5.91. The van der Waals surface area contributed by atoms with Crippen molar-refractivity contribution < 1.29 is 27.4 Å². The van der Waals surface area contributed by atoms with Crippen LogP contribution in [0.25, 0.3) is 0 Å². The van der Waals surface area contributed by atoms with Crippen LogP contribution in [0.2, 0.25) is 0 Å². The fourth-order valence-corrected chi connectivity index (χ4v) is 1.49. The maximum Gasteiger partial charge on any atom is 0.346 e. The Morgan fingerprint density at radius 2 is 1.50 bits per heavy atom. The van der Waals surface area contributed by atoms with E-state index < -0.39 is 29.0 Å². The van der Waals surface area contributed by atoms with Crippen molar-refractivity contribution in [2.45, 2.75) is 0 Å². The van der Waals surface area contributed by atoms with Crippen molar-refractivity contribution >= 4 is 5.97 Å². The molecule has 3 nitrogen and oxygen atoms in total. The third-order valence-corrected chi connectivity index (χ3v) is 2.53. The van der Waals surface area contributed by atoms with Crippen molar-refractivity contribution in [3.8, 4) is 11.5 Å². The first kappa shape index (κ1) is 13.9. The van der Waals surface area contributed by atoms with Gasteiger partial charge >= 0.3 is 5.97 Å². The van der Waals surface area contributed by atoms with Crippen molar-refractivity contribution in [1.29, 1.82) is 0 Å². The smallest absolute Gasteiger partial charge is 0.346 e. The number of hydrogen-bond acceptors (Lipinski definition) is 3. The summed E-state index contributed by atoms with van der Waals surface area (Å²) in [5, 5.41) is 0. The molecule has 0 unspecified atom stereocenters. The summed E-state index contributed by atoms with van der Waals surface area (Å²) in [4.78, 5) is 11.7. The largest absolute Gasteiger partial charge is 0.497 e.